The average molecular weight is 430 g/mol. The number of hydrogen-bond acceptors (Lipinski definition) is 8. The van der Waals surface area contributed by atoms with Crippen molar-refractivity contribution in [2.45, 2.75) is 42.9 Å². The van der Waals surface area contributed by atoms with Crippen LogP contribution < -0.4 is 9.64 Å². The maximum Gasteiger partial charge on any atom is 0.266 e. The number of ether oxygens (including phenoxy) is 3. The fourth-order valence-corrected chi connectivity index (χ4v) is 5.35. The molecule has 4 aliphatic heterocycles. The number of nitrogens with zero attached hydrogens (tertiary/aromatic N) is 4. The van der Waals surface area contributed by atoms with Crippen LogP contribution in [-0.4, -0.2) is 78.8 Å². The Hall–Kier alpha value is -2.23. The van der Waals surface area contributed by atoms with Crippen molar-refractivity contribution in [3.63, 3.8) is 0 Å². The van der Waals surface area contributed by atoms with E-state index in [4.69, 9.17) is 18.7 Å². The van der Waals surface area contributed by atoms with Crippen molar-refractivity contribution in [1.29, 1.82) is 0 Å². The van der Waals surface area contributed by atoms with Crippen molar-refractivity contribution >= 4 is 5.95 Å². The highest BCUT2D eigenvalue weighted by Crippen LogP contribution is 2.41. The van der Waals surface area contributed by atoms with Crippen LogP contribution in [0.25, 0.3) is 0 Å². The first-order valence-electron chi connectivity index (χ1n) is 11.1. The molecule has 1 atom stereocenters. The van der Waals surface area contributed by atoms with Crippen LogP contribution in [0.4, 0.5) is 10.3 Å². The molecule has 6 rings (SSSR count). The van der Waals surface area contributed by atoms with E-state index >= 15 is 0 Å². The molecule has 4 saturated heterocycles. The third-order valence-corrected chi connectivity index (χ3v) is 7.14. The summed E-state index contributed by atoms with van der Waals surface area (Å²) in [7, 11) is 0. The molecule has 1 aromatic carbocycles. The molecule has 1 spiro atoms. The van der Waals surface area contributed by atoms with Crippen molar-refractivity contribution in [1.82, 2.24) is 15.0 Å². The predicted molar refractivity (Wildman–Crippen MR) is 109 cm³/mol. The Morgan fingerprint density at radius 3 is 2.68 bits per heavy atom. The Kier molecular flexibility index (Phi) is 4.85. The summed E-state index contributed by atoms with van der Waals surface area (Å²) in [5, 5.41) is 3.91. The van der Waals surface area contributed by atoms with Crippen molar-refractivity contribution in [2.75, 3.05) is 50.9 Å². The molecule has 0 aliphatic carbocycles. The number of anilines is 1. The molecule has 8 nitrogen and oxygen atoms in total. The van der Waals surface area contributed by atoms with Crippen molar-refractivity contribution in [3.8, 4) is 5.75 Å². The topological polar surface area (TPSA) is 73.1 Å². The molecule has 0 bridgehead atoms. The first-order chi connectivity index (χ1) is 15.2. The summed E-state index contributed by atoms with van der Waals surface area (Å²) in [5.41, 5.74) is 0.914. The lowest BCUT2D eigenvalue weighted by molar-refractivity contribution is -0.0801. The van der Waals surface area contributed by atoms with Gasteiger partial charge in [-0.1, -0.05) is 0 Å². The lowest BCUT2D eigenvalue weighted by atomic mass is 9.86. The zero-order valence-corrected chi connectivity index (χ0v) is 17.4. The number of benzene rings is 1. The van der Waals surface area contributed by atoms with Gasteiger partial charge in [0.05, 0.1) is 32.9 Å². The monoisotopic (exact) mass is 430 g/mol. The Morgan fingerprint density at radius 2 is 1.97 bits per heavy atom. The number of likely N-dealkylation sites (tertiary alicyclic amines) is 1. The normalized spacial score (nSPS) is 26.7. The summed E-state index contributed by atoms with van der Waals surface area (Å²) in [6.07, 6.45) is 4.48. The Labute approximate surface area is 180 Å². The van der Waals surface area contributed by atoms with Gasteiger partial charge in [0, 0.05) is 11.6 Å². The predicted octanol–water partition coefficient (Wildman–Crippen LogP) is 2.21. The highest BCUT2D eigenvalue weighted by molar-refractivity contribution is 5.38. The Morgan fingerprint density at radius 1 is 1.13 bits per heavy atom. The van der Waals surface area contributed by atoms with Crippen molar-refractivity contribution < 1.29 is 23.1 Å². The highest BCUT2D eigenvalue weighted by atomic mass is 19.1. The molecule has 31 heavy (non-hydrogen) atoms. The molecule has 9 heteroatoms. The third-order valence-electron chi connectivity index (χ3n) is 7.14. The second-order valence-corrected chi connectivity index (χ2v) is 9.21. The molecule has 0 amide bonds. The summed E-state index contributed by atoms with van der Waals surface area (Å²) in [5.74, 6) is 1.57. The quantitative estimate of drug-likeness (QED) is 0.715. The zero-order chi connectivity index (χ0) is 20.8. The van der Waals surface area contributed by atoms with E-state index in [1.165, 1.54) is 12.5 Å². The van der Waals surface area contributed by atoms with Gasteiger partial charge >= 0.3 is 0 Å². The van der Waals surface area contributed by atoms with Crippen LogP contribution in [0.2, 0.25) is 0 Å². The molecule has 4 fully saturated rings. The van der Waals surface area contributed by atoms with Gasteiger partial charge in [0.25, 0.3) is 5.95 Å². The number of hydrogen-bond donors (Lipinski definition) is 0. The molecule has 5 heterocycles. The fourth-order valence-electron chi connectivity index (χ4n) is 5.35. The van der Waals surface area contributed by atoms with Crippen LogP contribution in [0.1, 0.15) is 30.7 Å². The first kappa shape index (κ1) is 19.5. The van der Waals surface area contributed by atoms with E-state index in [2.05, 4.69) is 19.9 Å². The number of halogens is 1. The van der Waals surface area contributed by atoms with Gasteiger partial charge in [-0.3, -0.25) is 4.90 Å². The SMILES string of the molecule is Fc1ccc(OC2COC2)c(C2CCN([C@@H]3COC4(C3)CN(c3ncon3)C4)CC2)c1. The molecule has 4 aliphatic rings. The standard InChI is InChI=1S/C22H27FN4O4/c23-16-1-2-20(31-18-10-28-11-18)19(7-16)15-3-5-26(6-4-15)17-8-22(29-9-17)12-27(13-22)21-24-14-30-25-21/h1-2,7,14-15,17-18H,3-6,8-13H2/t17-/m0/s1. The highest BCUT2D eigenvalue weighted by Gasteiger charge is 2.52. The van der Waals surface area contributed by atoms with Gasteiger partial charge in [0.1, 0.15) is 23.3 Å². The first-order valence-corrected chi connectivity index (χ1v) is 11.1. The largest absolute Gasteiger partial charge is 0.485 e. The third kappa shape index (κ3) is 3.68. The van der Waals surface area contributed by atoms with Crippen LogP contribution in [0.3, 0.4) is 0 Å². The maximum absolute atomic E-state index is 14.0. The lowest BCUT2D eigenvalue weighted by Gasteiger charge is -2.46. The van der Waals surface area contributed by atoms with Gasteiger partial charge in [-0.05, 0) is 61.6 Å². The van der Waals surface area contributed by atoms with Crippen LogP contribution >= 0.6 is 0 Å². The fraction of sp³-hybridized carbons (Fsp3) is 0.636. The summed E-state index contributed by atoms with van der Waals surface area (Å²) >= 11 is 0. The minimum atomic E-state index is -0.197. The van der Waals surface area contributed by atoms with E-state index in [-0.39, 0.29) is 17.5 Å². The summed E-state index contributed by atoms with van der Waals surface area (Å²) in [6, 6.07) is 5.35. The van der Waals surface area contributed by atoms with Gasteiger partial charge in [-0.2, -0.15) is 4.98 Å². The van der Waals surface area contributed by atoms with E-state index < -0.39 is 0 Å². The van der Waals surface area contributed by atoms with E-state index in [0.29, 0.717) is 31.1 Å². The van der Waals surface area contributed by atoms with E-state index in [1.807, 2.05) is 0 Å². The molecule has 0 N–H and O–H groups in total. The Bertz CT molecular complexity index is 908. The minimum absolute atomic E-state index is 0.0867. The molecular weight excluding hydrogens is 403 g/mol. The number of aromatic nitrogens is 2. The van der Waals surface area contributed by atoms with E-state index in [1.54, 1.807) is 12.1 Å². The molecule has 0 radical (unpaired) electrons. The van der Waals surface area contributed by atoms with E-state index in [0.717, 1.165) is 63.4 Å². The summed E-state index contributed by atoms with van der Waals surface area (Å²) < 4.78 is 36.3. The smallest absolute Gasteiger partial charge is 0.266 e. The van der Waals surface area contributed by atoms with Crippen LogP contribution in [0.15, 0.2) is 29.1 Å². The summed E-state index contributed by atoms with van der Waals surface area (Å²) in [6.45, 7) is 5.60. The average Bonchev–Trinajstić information content (AvgIpc) is 3.41. The molecule has 0 saturated carbocycles. The Balaban J connectivity index is 1.05. The van der Waals surface area contributed by atoms with Gasteiger partial charge in [-0.25, -0.2) is 4.39 Å². The zero-order valence-electron chi connectivity index (χ0n) is 17.4. The molecule has 1 aromatic heterocycles. The number of rotatable bonds is 5. The van der Waals surface area contributed by atoms with Gasteiger partial charge in [0.15, 0.2) is 0 Å². The second-order valence-electron chi connectivity index (χ2n) is 9.21. The van der Waals surface area contributed by atoms with Gasteiger partial charge in [0.2, 0.25) is 6.39 Å². The summed E-state index contributed by atoms with van der Waals surface area (Å²) in [4.78, 5) is 8.75. The van der Waals surface area contributed by atoms with Crippen molar-refractivity contribution in [3.05, 3.63) is 36.0 Å². The molecule has 166 valence electrons. The van der Waals surface area contributed by atoms with E-state index in [9.17, 15) is 4.39 Å². The number of piperidine rings is 1. The lowest BCUT2D eigenvalue weighted by Crippen LogP contribution is -2.62. The second kappa shape index (κ2) is 7.72. The van der Waals surface area contributed by atoms with Gasteiger partial charge < -0.3 is 23.6 Å². The van der Waals surface area contributed by atoms with Gasteiger partial charge in [-0.15, -0.1) is 0 Å². The minimum Gasteiger partial charge on any atom is -0.485 e. The molecular formula is C22H27FN4O4. The molecule has 0 unspecified atom stereocenters. The maximum atomic E-state index is 14.0. The van der Waals surface area contributed by atoms with Crippen LogP contribution in [-0.2, 0) is 9.47 Å². The van der Waals surface area contributed by atoms with Crippen LogP contribution in [0.5, 0.6) is 5.75 Å². The van der Waals surface area contributed by atoms with Crippen LogP contribution in [0, 0.1) is 5.82 Å². The molecule has 2 aromatic rings. The van der Waals surface area contributed by atoms with Crippen molar-refractivity contribution in [2.24, 2.45) is 0 Å².